The van der Waals surface area contributed by atoms with Gasteiger partial charge in [-0.25, -0.2) is 9.13 Å². The number of carbonyl (C=O) groups excluding carboxylic acids is 4. The summed E-state index contributed by atoms with van der Waals surface area (Å²) in [5, 5.41) is 10.7. The normalized spacial score (nSPS) is 13.7. The van der Waals surface area contributed by atoms with Crippen molar-refractivity contribution < 1.29 is 80.2 Å². The number of aliphatic hydroxyl groups excluding tert-OH is 1. The molecule has 0 heterocycles. The van der Waals surface area contributed by atoms with Crippen molar-refractivity contribution in [3.8, 4) is 0 Å². The van der Waals surface area contributed by atoms with Crippen LogP contribution >= 0.6 is 15.6 Å². The van der Waals surface area contributed by atoms with Gasteiger partial charge in [-0.05, 0) is 37.5 Å². The molecule has 660 valence electrons. The molecule has 2 unspecified atom stereocenters. The van der Waals surface area contributed by atoms with E-state index in [2.05, 4.69) is 41.5 Å². The molecule has 5 atom stereocenters. The fourth-order valence-electron chi connectivity index (χ4n) is 14.5. The molecule has 3 N–H and O–H groups in total. The average molecular weight is 1620 g/mol. The van der Waals surface area contributed by atoms with Gasteiger partial charge >= 0.3 is 39.5 Å². The maximum Gasteiger partial charge on any atom is 0.472 e. The summed E-state index contributed by atoms with van der Waals surface area (Å²) in [6, 6.07) is 0. The lowest BCUT2D eigenvalue weighted by atomic mass is 10.0. The van der Waals surface area contributed by atoms with Crippen LogP contribution in [0.3, 0.4) is 0 Å². The number of unbranched alkanes of at least 4 members (excludes halogenated alkanes) is 61. The van der Waals surface area contributed by atoms with Crippen molar-refractivity contribution in [2.45, 2.75) is 516 Å². The summed E-state index contributed by atoms with van der Waals surface area (Å²) >= 11 is 0. The van der Waals surface area contributed by atoms with E-state index in [1.54, 1.807) is 0 Å². The Balaban J connectivity index is 5.25. The van der Waals surface area contributed by atoms with E-state index >= 15 is 0 Å². The molecule has 0 saturated heterocycles. The quantitative estimate of drug-likeness (QED) is 0.0222. The van der Waals surface area contributed by atoms with Gasteiger partial charge in [0.05, 0.1) is 26.4 Å². The van der Waals surface area contributed by atoms with Crippen LogP contribution in [-0.2, 0) is 65.4 Å². The molecule has 0 aliphatic carbocycles. The van der Waals surface area contributed by atoms with Crippen molar-refractivity contribution in [1.29, 1.82) is 0 Å². The number of carbonyl (C=O) groups is 4. The van der Waals surface area contributed by atoms with Crippen LogP contribution < -0.4 is 0 Å². The molecule has 0 amide bonds. The van der Waals surface area contributed by atoms with Crippen molar-refractivity contribution in [3.05, 3.63) is 0 Å². The summed E-state index contributed by atoms with van der Waals surface area (Å²) < 4.78 is 69.1. The third kappa shape index (κ3) is 85.8. The number of phosphoric acid groups is 2. The van der Waals surface area contributed by atoms with Crippen LogP contribution in [0.25, 0.3) is 0 Å². The Morgan fingerprint density at radius 1 is 0.243 bits per heavy atom. The Kier molecular flexibility index (Phi) is 81.7. The van der Waals surface area contributed by atoms with Crippen molar-refractivity contribution in [2.24, 2.45) is 11.8 Å². The first-order chi connectivity index (χ1) is 53.9. The molecule has 0 aromatic heterocycles. The third-order valence-electron chi connectivity index (χ3n) is 21.7. The van der Waals surface area contributed by atoms with Gasteiger partial charge in [0.2, 0.25) is 0 Å². The standard InChI is InChI=1S/C92H180O17P2/c1-7-9-11-13-15-17-19-21-23-25-27-28-30-32-38-42-46-52-59-65-71-76-91(96)108-87(80-102-89(94)74-68-62-56-50-44-40-36-34-33-35-39-43-48-54-60-66-72-84(3)4)82-106-110(98,99)104-78-86(93)79-105-111(100,101)107-83-88(81-103-90(95)75-69-63-57-53-47-49-55-61-67-73-85(5)6)109-92(97)77-70-64-58-51-45-41-37-31-29-26-24-22-20-18-16-14-12-10-8-2/h84-88,93H,7-83H2,1-6H3,(H,98,99)(H,100,101)/t86-,87-,88-/m1/s1. The molecule has 0 aromatic rings. The molecule has 0 aliphatic rings. The number of aliphatic hydroxyl groups is 1. The van der Waals surface area contributed by atoms with Crippen molar-refractivity contribution in [1.82, 2.24) is 0 Å². The predicted molar refractivity (Wildman–Crippen MR) is 460 cm³/mol. The predicted octanol–water partition coefficient (Wildman–Crippen LogP) is 28.6. The van der Waals surface area contributed by atoms with Gasteiger partial charge in [-0.15, -0.1) is 0 Å². The highest BCUT2D eigenvalue weighted by atomic mass is 31.2. The van der Waals surface area contributed by atoms with E-state index in [-0.39, 0.29) is 25.7 Å². The van der Waals surface area contributed by atoms with Gasteiger partial charge in [-0.2, -0.15) is 0 Å². The Morgan fingerprint density at radius 2 is 0.414 bits per heavy atom. The minimum atomic E-state index is -4.97. The van der Waals surface area contributed by atoms with Crippen LogP contribution in [0.1, 0.15) is 497 Å². The second-order valence-electron chi connectivity index (χ2n) is 34.0. The molecular formula is C92H180O17P2. The van der Waals surface area contributed by atoms with Crippen LogP contribution in [0.4, 0.5) is 0 Å². The number of phosphoric ester groups is 2. The molecule has 17 nitrogen and oxygen atoms in total. The molecule has 0 rings (SSSR count). The van der Waals surface area contributed by atoms with E-state index in [0.717, 1.165) is 102 Å². The monoisotopic (exact) mass is 1620 g/mol. The Hall–Kier alpha value is -1.94. The largest absolute Gasteiger partial charge is 0.472 e. The lowest BCUT2D eigenvalue weighted by Crippen LogP contribution is -2.30. The van der Waals surface area contributed by atoms with Crippen LogP contribution in [0.5, 0.6) is 0 Å². The van der Waals surface area contributed by atoms with Gasteiger partial charge in [-0.1, -0.05) is 446 Å². The average Bonchev–Trinajstić information content (AvgIpc) is 0.898. The number of hydrogen-bond donors (Lipinski definition) is 3. The fourth-order valence-corrected chi connectivity index (χ4v) is 16.1. The van der Waals surface area contributed by atoms with Crippen molar-refractivity contribution in [3.63, 3.8) is 0 Å². The summed E-state index contributed by atoms with van der Waals surface area (Å²) in [4.78, 5) is 73.5. The maximum absolute atomic E-state index is 13.2. The molecule has 111 heavy (non-hydrogen) atoms. The number of hydrogen-bond acceptors (Lipinski definition) is 15. The van der Waals surface area contributed by atoms with Crippen LogP contribution in [0.2, 0.25) is 0 Å². The summed E-state index contributed by atoms with van der Waals surface area (Å²) in [5.41, 5.74) is 0. The molecule has 0 aliphatic heterocycles. The second-order valence-corrected chi connectivity index (χ2v) is 36.9. The first-order valence-corrected chi connectivity index (χ1v) is 50.5. The van der Waals surface area contributed by atoms with E-state index in [9.17, 15) is 43.2 Å². The van der Waals surface area contributed by atoms with Gasteiger partial charge in [-0.3, -0.25) is 37.3 Å². The minimum Gasteiger partial charge on any atom is -0.462 e. The Morgan fingerprint density at radius 3 is 0.613 bits per heavy atom. The van der Waals surface area contributed by atoms with Crippen molar-refractivity contribution >= 4 is 39.5 Å². The molecular weight excluding hydrogens is 1440 g/mol. The van der Waals surface area contributed by atoms with Gasteiger partial charge in [0.1, 0.15) is 19.3 Å². The molecule has 0 spiro atoms. The third-order valence-corrected chi connectivity index (χ3v) is 23.6. The molecule has 0 aromatic carbocycles. The van der Waals surface area contributed by atoms with E-state index in [4.69, 9.17) is 37.0 Å². The Bertz CT molecular complexity index is 2120. The number of esters is 4. The first-order valence-electron chi connectivity index (χ1n) is 47.5. The maximum atomic E-state index is 13.2. The minimum absolute atomic E-state index is 0.109. The smallest absolute Gasteiger partial charge is 0.462 e. The number of rotatable bonds is 91. The summed E-state index contributed by atoms with van der Waals surface area (Å²) in [6.07, 6.45) is 77.9. The van der Waals surface area contributed by atoms with Crippen LogP contribution in [-0.4, -0.2) is 96.7 Å². The molecule has 19 heteroatoms. The van der Waals surface area contributed by atoms with Gasteiger partial charge in [0.15, 0.2) is 12.2 Å². The Labute approximate surface area is 683 Å². The lowest BCUT2D eigenvalue weighted by molar-refractivity contribution is -0.161. The molecule has 0 bridgehead atoms. The number of ether oxygens (including phenoxy) is 4. The molecule has 0 fully saturated rings. The van der Waals surface area contributed by atoms with Gasteiger partial charge in [0.25, 0.3) is 0 Å². The zero-order valence-electron chi connectivity index (χ0n) is 73.3. The highest BCUT2D eigenvalue weighted by Crippen LogP contribution is 2.45. The summed E-state index contributed by atoms with van der Waals surface area (Å²) in [6.45, 7) is 9.72. The first kappa shape index (κ1) is 109. The van der Waals surface area contributed by atoms with E-state index in [0.29, 0.717) is 25.7 Å². The van der Waals surface area contributed by atoms with Gasteiger partial charge < -0.3 is 33.8 Å². The second kappa shape index (κ2) is 83.1. The highest BCUT2D eigenvalue weighted by Gasteiger charge is 2.31. The molecule has 0 radical (unpaired) electrons. The van der Waals surface area contributed by atoms with E-state index < -0.39 is 97.5 Å². The van der Waals surface area contributed by atoms with E-state index in [1.807, 2.05) is 0 Å². The zero-order chi connectivity index (χ0) is 81.3. The fraction of sp³-hybridized carbons (Fsp3) is 0.957. The van der Waals surface area contributed by atoms with Crippen LogP contribution in [0.15, 0.2) is 0 Å². The summed E-state index contributed by atoms with van der Waals surface area (Å²) in [5.74, 6) is -0.538. The van der Waals surface area contributed by atoms with Gasteiger partial charge in [0, 0.05) is 25.7 Å². The topological polar surface area (TPSA) is 237 Å². The lowest BCUT2D eigenvalue weighted by Gasteiger charge is -2.21. The van der Waals surface area contributed by atoms with Crippen LogP contribution in [0, 0.1) is 11.8 Å². The van der Waals surface area contributed by atoms with Crippen molar-refractivity contribution in [2.75, 3.05) is 39.6 Å². The highest BCUT2D eigenvalue weighted by molar-refractivity contribution is 7.47. The zero-order valence-corrected chi connectivity index (χ0v) is 75.1. The molecule has 0 saturated carbocycles. The summed E-state index contributed by atoms with van der Waals surface area (Å²) in [7, 11) is -9.94. The van der Waals surface area contributed by atoms with E-state index in [1.165, 1.54) is 315 Å². The SMILES string of the molecule is CCCCCCCCCCCCCCCCCCCCCCCC(=O)O[C@H](COC(=O)CCCCCCCCCCCCCCCCCCC(C)C)COP(=O)(O)OC[C@@H](O)COP(=O)(O)OC[C@@H](COC(=O)CCCCCCCCCCCC(C)C)OC(=O)CCCCCCCCCCCCCCCCCCCCC.